The van der Waals surface area contributed by atoms with Gasteiger partial charge in [0.25, 0.3) is 5.78 Å². The summed E-state index contributed by atoms with van der Waals surface area (Å²) < 4.78 is 55.8. The van der Waals surface area contributed by atoms with Crippen LogP contribution in [0.5, 0.6) is 0 Å². The van der Waals surface area contributed by atoms with Crippen LogP contribution in [0.15, 0.2) is 29.7 Å². The van der Waals surface area contributed by atoms with Crippen LogP contribution in [-0.4, -0.2) is 48.5 Å². The number of ketones is 1. The third-order valence-corrected chi connectivity index (χ3v) is 5.15. The number of alkyl carbamates (subject to hydrolysis) is 1. The lowest BCUT2D eigenvalue weighted by Gasteiger charge is -2.32. The molecule has 1 N–H and O–H groups in total. The van der Waals surface area contributed by atoms with E-state index >= 15 is 0 Å². The first-order chi connectivity index (χ1) is 14.4. The van der Waals surface area contributed by atoms with Crippen molar-refractivity contribution in [3.8, 4) is 0 Å². The summed E-state index contributed by atoms with van der Waals surface area (Å²) in [6.45, 7) is 12.6. The first-order valence-electron chi connectivity index (χ1n) is 10.2. The smallest absolute Gasteiger partial charge is 0.444 e. The molecule has 0 aliphatic carbocycles. The summed E-state index contributed by atoms with van der Waals surface area (Å²) in [7, 11) is -0.864. The highest BCUT2D eigenvalue weighted by Crippen LogP contribution is 2.38. The molecule has 1 aromatic carbocycles. The molecule has 0 aromatic heterocycles. The van der Waals surface area contributed by atoms with Gasteiger partial charge >= 0.3 is 19.4 Å². The number of hydrogen-bond donors (Lipinski definition) is 1. The van der Waals surface area contributed by atoms with Crippen LogP contribution in [0.4, 0.5) is 18.0 Å². The Kier molecular flexibility index (Phi) is 7.21. The van der Waals surface area contributed by atoms with E-state index in [1.54, 1.807) is 26.8 Å². The fourth-order valence-corrected chi connectivity index (χ4v) is 2.83. The van der Waals surface area contributed by atoms with E-state index in [4.69, 9.17) is 14.0 Å². The molecule has 2 rings (SSSR count). The first kappa shape index (κ1) is 25.9. The van der Waals surface area contributed by atoms with E-state index in [1.165, 1.54) is 12.1 Å². The van der Waals surface area contributed by atoms with Crippen LogP contribution in [0.2, 0.25) is 0 Å². The van der Waals surface area contributed by atoms with Gasteiger partial charge in [-0.15, -0.1) is 0 Å². The molecule has 1 aliphatic heterocycles. The molecule has 32 heavy (non-hydrogen) atoms. The monoisotopic (exact) mass is 455 g/mol. The molecule has 1 heterocycles. The molecule has 1 fully saturated rings. The maximum Gasteiger partial charge on any atom is 0.492 e. The minimum Gasteiger partial charge on any atom is -0.444 e. The number of carbonyl (C=O) groups is 2. The topological polar surface area (TPSA) is 73.9 Å². The van der Waals surface area contributed by atoms with Gasteiger partial charge in [-0.3, -0.25) is 4.79 Å². The molecule has 1 amide bonds. The molecular formula is C22H29BF3NO5. The molecule has 1 aromatic rings. The van der Waals surface area contributed by atoms with E-state index in [2.05, 4.69) is 5.32 Å². The predicted molar refractivity (Wildman–Crippen MR) is 115 cm³/mol. The van der Waals surface area contributed by atoms with E-state index in [1.807, 2.05) is 27.7 Å². The molecular weight excluding hydrogens is 426 g/mol. The molecule has 0 bridgehead atoms. The van der Waals surface area contributed by atoms with E-state index < -0.39 is 47.5 Å². The van der Waals surface area contributed by atoms with Crippen molar-refractivity contribution in [2.75, 3.05) is 6.54 Å². The Morgan fingerprint density at radius 2 is 1.66 bits per heavy atom. The summed E-state index contributed by atoms with van der Waals surface area (Å²) in [5.74, 6) is -1.93. The van der Waals surface area contributed by atoms with Crippen LogP contribution >= 0.6 is 0 Å². The number of amides is 1. The number of hydrogen-bond acceptors (Lipinski definition) is 5. The van der Waals surface area contributed by atoms with Gasteiger partial charge in [0.05, 0.1) is 11.2 Å². The SMILES string of the molecule is CC(C)(C)OC(=O)NCC(=Cc1cccc(C(=O)C(F)(F)F)c1)B1OC(C)(C)C(C)(C)O1. The minimum atomic E-state index is -4.98. The summed E-state index contributed by atoms with van der Waals surface area (Å²) in [5, 5.41) is 2.62. The van der Waals surface area contributed by atoms with Crippen LogP contribution in [-0.2, 0) is 14.0 Å². The Balaban J connectivity index is 2.36. The van der Waals surface area contributed by atoms with Crippen molar-refractivity contribution in [3.63, 3.8) is 0 Å². The minimum absolute atomic E-state index is 0.0385. The fraction of sp³-hybridized carbons (Fsp3) is 0.545. The van der Waals surface area contributed by atoms with Gasteiger partial charge in [-0.25, -0.2) is 4.79 Å². The molecule has 6 nitrogen and oxygen atoms in total. The third kappa shape index (κ3) is 6.59. The van der Waals surface area contributed by atoms with E-state index in [9.17, 15) is 22.8 Å². The molecule has 1 aliphatic rings. The Morgan fingerprint density at radius 1 is 1.09 bits per heavy atom. The molecule has 0 atom stereocenters. The van der Waals surface area contributed by atoms with Crippen molar-refractivity contribution in [1.82, 2.24) is 5.32 Å². The lowest BCUT2D eigenvalue weighted by Crippen LogP contribution is -2.41. The molecule has 176 valence electrons. The van der Waals surface area contributed by atoms with Crippen molar-refractivity contribution in [3.05, 3.63) is 40.9 Å². The van der Waals surface area contributed by atoms with Gasteiger partial charge in [-0.05, 0) is 65.6 Å². The van der Waals surface area contributed by atoms with E-state index in [0.717, 1.165) is 12.1 Å². The Morgan fingerprint density at radius 3 is 2.16 bits per heavy atom. The molecule has 0 radical (unpaired) electrons. The van der Waals surface area contributed by atoms with Crippen LogP contribution < -0.4 is 5.32 Å². The highest BCUT2D eigenvalue weighted by molar-refractivity contribution is 6.56. The van der Waals surface area contributed by atoms with Gasteiger partial charge in [-0.2, -0.15) is 13.2 Å². The molecule has 1 saturated heterocycles. The highest BCUT2D eigenvalue weighted by atomic mass is 19.4. The zero-order chi connectivity index (χ0) is 24.5. The molecule has 0 spiro atoms. The van der Waals surface area contributed by atoms with Crippen LogP contribution in [0.1, 0.15) is 64.4 Å². The number of ether oxygens (including phenoxy) is 1. The number of nitrogens with one attached hydrogen (secondary N) is 1. The summed E-state index contributed by atoms with van der Waals surface area (Å²) in [6.07, 6.45) is -4.11. The van der Waals surface area contributed by atoms with Crippen LogP contribution in [0, 0.1) is 0 Å². The van der Waals surface area contributed by atoms with Gasteiger partial charge in [0.1, 0.15) is 5.60 Å². The number of rotatable bonds is 5. The lowest BCUT2D eigenvalue weighted by molar-refractivity contribution is -0.0885. The second-order valence-electron chi connectivity index (χ2n) is 9.62. The average Bonchev–Trinajstić information content (AvgIpc) is 2.83. The average molecular weight is 455 g/mol. The highest BCUT2D eigenvalue weighted by Gasteiger charge is 2.52. The fourth-order valence-electron chi connectivity index (χ4n) is 2.83. The number of halogens is 3. The second-order valence-corrected chi connectivity index (χ2v) is 9.62. The van der Waals surface area contributed by atoms with Gasteiger partial charge in [-0.1, -0.05) is 24.3 Å². The Bertz CT molecular complexity index is 888. The van der Waals surface area contributed by atoms with Gasteiger partial charge in [0, 0.05) is 12.1 Å². The molecule has 10 heteroatoms. The quantitative estimate of drug-likeness (QED) is 0.501. The Hall–Kier alpha value is -2.33. The molecule has 0 saturated carbocycles. The van der Waals surface area contributed by atoms with E-state index in [0.29, 0.717) is 11.0 Å². The van der Waals surface area contributed by atoms with Crippen molar-refractivity contribution in [1.29, 1.82) is 0 Å². The standard InChI is InChI=1S/C22H29BF3NO5/c1-19(2,3)30-18(29)27-13-16(23-31-20(4,5)21(6,7)32-23)12-14-9-8-10-15(11-14)17(28)22(24,25)26/h8-12H,13H2,1-7H3,(H,27,29). The molecule has 0 unspecified atom stereocenters. The number of benzene rings is 1. The summed E-state index contributed by atoms with van der Waals surface area (Å²) in [6, 6.07) is 5.13. The summed E-state index contributed by atoms with van der Waals surface area (Å²) in [5.41, 5.74) is -1.75. The Labute approximate surface area is 186 Å². The first-order valence-corrected chi connectivity index (χ1v) is 10.2. The zero-order valence-corrected chi connectivity index (χ0v) is 19.3. The number of alkyl halides is 3. The van der Waals surface area contributed by atoms with Gasteiger partial charge in [0.2, 0.25) is 0 Å². The van der Waals surface area contributed by atoms with Gasteiger partial charge < -0.3 is 19.4 Å². The predicted octanol–water partition coefficient (Wildman–Crippen LogP) is 4.97. The van der Waals surface area contributed by atoms with Crippen molar-refractivity contribution < 1.29 is 36.8 Å². The van der Waals surface area contributed by atoms with Crippen molar-refractivity contribution in [2.24, 2.45) is 0 Å². The summed E-state index contributed by atoms with van der Waals surface area (Å²) >= 11 is 0. The largest absolute Gasteiger partial charge is 0.492 e. The number of carbonyl (C=O) groups excluding carboxylic acids is 2. The zero-order valence-electron chi connectivity index (χ0n) is 19.3. The van der Waals surface area contributed by atoms with Crippen molar-refractivity contribution in [2.45, 2.75) is 71.4 Å². The van der Waals surface area contributed by atoms with Crippen molar-refractivity contribution >= 4 is 25.1 Å². The third-order valence-electron chi connectivity index (χ3n) is 5.15. The van der Waals surface area contributed by atoms with Crippen LogP contribution in [0.3, 0.4) is 0 Å². The lowest BCUT2D eigenvalue weighted by atomic mass is 9.77. The van der Waals surface area contributed by atoms with Crippen LogP contribution in [0.25, 0.3) is 6.08 Å². The number of Topliss-reactive ketones (excluding diaryl/α,β-unsaturated/α-hetero) is 1. The normalized spacial score (nSPS) is 18.4. The van der Waals surface area contributed by atoms with E-state index in [-0.39, 0.29) is 6.54 Å². The summed E-state index contributed by atoms with van der Waals surface area (Å²) in [4.78, 5) is 23.7. The maximum atomic E-state index is 12.8. The second kappa shape index (κ2) is 8.90. The van der Waals surface area contributed by atoms with Gasteiger partial charge in [0.15, 0.2) is 0 Å². The maximum absolute atomic E-state index is 12.8.